The first kappa shape index (κ1) is 13.2. The molecule has 82 valence electrons. The van der Waals surface area contributed by atoms with Crippen molar-refractivity contribution in [1.29, 1.82) is 0 Å². The van der Waals surface area contributed by atoms with Crippen LogP contribution in [0.5, 0.6) is 0 Å². The lowest BCUT2D eigenvalue weighted by Crippen LogP contribution is -2.34. The zero-order chi connectivity index (χ0) is 11.4. The van der Waals surface area contributed by atoms with Crippen molar-refractivity contribution in [3.05, 3.63) is 0 Å². The summed E-state index contributed by atoms with van der Waals surface area (Å²) in [5.74, 6) is -1.75. The molecule has 0 fully saturated rings. The normalized spacial score (nSPS) is 13.6. The number of carboxylic acid groups (broad SMARTS) is 2. The first-order valence-corrected chi connectivity index (χ1v) is 5.07. The maximum absolute atomic E-state index is 10.4. The van der Waals surface area contributed by atoms with E-state index in [2.05, 4.69) is 0 Å². The van der Waals surface area contributed by atoms with Gasteiger partial charge in [-0.05, 0) is 0 Å². The monoisotopic (exact) mass is 221 g/mol. The fraction of sp³-hybridized carbons (Fsp3) is 0.750. The van der Waals surface area contributed by atoms with Gasteiger partial charge in [0.25, 0.3) is 0 Å². The third-order valence-corrected chi connectivity index (χ3v) is 3.00. The Morgan fingerprint density at radius 2 is 1.93 bits per heavy atom. The SMILES string of the molecule is CC(C)(CC(=O)O)SC[C@H](N)C(=O)O. The Kier molecular flexibility index (Phi) is 4.93. The van der Waals surface area contributed by atoms with Crippen LogP contribution >= 0.6 is 11.8 Å². The Bertz CT molecular complexity index is 229. The minimum atomic E-state index is -1.07. The Hall–Kier alpha value is -0.750. The van der Waals surface area contributed by atoms with Gasteiger partial charge in [0, 0.05) is 10.5 Å². The molecule has 14 heavy (non-hydrogen) atoms. The molecule has 1 atom stereocenters. The number of hydrogen-bond donors (Lipinski definition) is 3. The van der Waals surface area contributed by atoms with Crippen LogP contribution in [0, 0.1) is 0 Å². The van der Waals surface area contributed by atoms with E-state index < -0.39 is 22.7 Å². The van der Waals surface area contributed by atoms with E-state index in [9.17, 15) is 9.59 Å². The zero-order valence-corrected chi connectivity index (χ0v) is 9.00. The van der Waals surface area contributed by atoms with Crippen LogP contribution in [-0.4, -0.2) is 38.7 Å². The summed E-state index contributed by atoms with van der Waals surface area (Å²) < 4.78 is -0.487. The van der Waals surface area contributed by atoms with Crippen molar-refractivity contribution in [2.75, 3.05) is 5.75 Å². The van der Waals surface area contributed by atoms with Gasteiger partial charge in [0.05, 0.1) is 6.42 Å². The summed E-state index contributed by atoms with van der Waals surface area (Å²) in [5.41, 5.74) is 5.29. The predicted octanol–water partition coefficient (Wildman–Crippen LogP) is 0.385. The van der Waals surface area contributed by atoms with E-state index >= 15 is 0 Å². The first-order chi connectivity index (χ1) is 6.24. The topological polar surface area (TPSA) is 101 Å². The molecule has 0 aliphatic rings. The molecule has 0 aliphatic heterocycles. The number of nitrogens with two attached hydrogens (primary N) is 1. The van der Waals surface area contributed by atoms with E-state index in [0.29, 0.717) is 0 Å². The van der Waals surface area contributed by atoms with Gasteiger partial charge in [-0.25, -0.2) is 0 Å². The highest BCUT2D eigenvalue weighted by Gasteiger charge is 2.24. The maximum Gasteiger partial charge on any atom is 0.321 e. The van der Waals surface area contributed by atoms with Gasteiger partial charge in [0.15, 0.2) is 0 Å². The smallest absolute Gasteiger partial charge is 0.321 e. The van der Waals surface area contributed by atoms with Crippen molar-refractivity contribution in [2.24, 2.45) is 5.73 Å². The molecule has 0 radical (unpaired) electrons. The molecule has 0 amide bonds. The van der Waals surface area contributed by atoms with Crippen LogP contribution in [0.2, 0.25) is 0 Å². The third-order valence-electron chi connectivity index (χ3n) is 1.55. The largest absolute Gasteiger partial charge is 0.481 e. The summed E-state index contributed by atoms with van der Waals surface area (Å²) in [4.78, 5) is 20.8. The summed E-state index contributed by atoms with van der Waals surface area (Å²) in [7, 11) is 0. The van der Waals surface area contributed by atoms with Crippen molar-refractivity contribution >= 4 is 23.7 Å². The quantitative estimate of drug-likeness (QED) is 0.599. The lowest BCUT2D eigenvalue weighted by molar-refractivity contribution is -0.138. The maximum atomic E-state index is 10.4. The number of aliphatic carboxylic acids is 2. The van der Waals surface area contributed by atoms with Gasteiger partial charge < -0.3 is 15.9 Å². The van der Waals surface area contributed by atoms with Gasteiger partial charge >= 0.3 is 11.9 Å². The number of thioether (sulfide) groups is 1. The lowest BCUT2D eigenvalue weighted by atomic mass is 10.1. The molecule has 0 heterocycles. The molecule has 0 bridgehead atoms. The van der Waals surface area contributed by atoms with Crippen LogP contribution in [0.3, 0.4) is 0 Å². The lowest BCUT2D eigenvalue weighted by Gasteiger charge is -2.22. The van der Waals surface area contributed by atoms with Crippen molar-refractivity contribution in [1.82, 2.24) is 0 Å². The van der Waals surface area contributed by atoms with Crippen LogP contribution in [0.25, 0.3) is 0 Å². The molecule has 0 aromatic carbocycles. The molecule has 0 saturated carbocycles. The average molecular weight is 221 g/mol. The van der Waals surface area contributed by atoms with E-state index in [1.807, 2.05) is 0 Å². The number of rotatable bonds is 6. The van der Waals surface area contributed by atoms with Crippen molar-refractivity contribution in [3.8, 4) is 0 Å². The molecule has 0 spiro atoms. The van der Waals surface area contributed by atoms with Gasteiger partial charge in [0.2, 0.25) is 0 Å². The highest BCUT2D eigenvalue weighted by atomic mass is 32.2. The summed E-state index contributed by atoms with van der Waals surface area (Å²) in [6.07, 6.45) is -0.00991. The van der Waals surface area contributed by atoms with E-state index in [0.717, 1.165) is 0 Å². The van der Waals surface area contributed by atoms with Crippen LogP contribution in [0.4, 0.5) is 0 Å². The molecule has 6 heteroatoms. The summed E-state index contributed by atoms with van der Waals surface area (Å²) in [6.45, 7) is 3.50. The second-order valence-corrected chi connectivity index (χ2v) is 5.31. The molecule has 0 saturated heterocycles. The van der Waals surface area contributed by atoms with Crippen LogP contribution < -0.4 is 5.73 Å². The first-order valence-electron chi connectivity index (χ1n) is 4.09. The number of hydrogen-bond acceptors (Lipinski definition) is 4. The summed E-state index contributed by atoms with van der Waals surface area (Å²) in [5, 5.41) is 17.1. The second kappa shape index (κ2) is 5.21. The number of carboxylic acids is 2. The Morgan fingerprint density at radius 3 is 2.29 bits per heavy atom. The highest BCUT2D eigenvalue weighted by Crippen LogP contribution is 2.28. The van der Waals surface area contributed by atoms with Gasteiger partial charge in [-0.3, -0.25) is 9.59 Å². The minimum Gasteiger partial charge on any atom is -0.481 e. The van der Waals surface area contributed by atoms with Gasteiger partial charge in [-0.2, -0.15) is 11.8 Å². The summed E-state index contributed by atoms with van der Waals surface area (Å²) >= 11 is 1.26. The Labute approximate surface area is 86.7 Å². The predicted molar refractivity (Wildman–Crippen MR) is 54.4 cm³/mol. The molecular weight excluding hydrogens is 206 g/mol. The van der Waals surface area contributed by atoms with Crippen LogP contribution in [0.1, 0.15) is 20.3 Å². The Morgan fingerprint density at radius 1 is 1.43 bits per heavy atom. The van der Waals surface area contributed by atoms with Gasteiger partial charge in [0.1, 0.15) is 6.04 Å². The minimum absolute atomic E-state index is 0.00991. The molecule has 0 aliphatic carbocycles. The fourth-order valence-corrected chi connectivity index (χ4v) is 1.80. The Balaban J connectivity index is 3.98. The molecule has 0 aromatic heterocycles. The van der Waals surface area contributed by atoms with Crippen molar-refractivity contribution < 1.29 is 19.8 Å². The van der Waals surface area contributed by atoms with Crippen molar-refractivity contribution in [3.63, 3.8) is 0 Å². The average Bonchev–Trinajstić information content (AvgIpc) is 1.97. The van der Waals surface area contributed by atoms with E-state index in [-0.39, 0.29) is 12.2 Å². The number of carbonyl (C=O) groups is 2. The zero-order valence-electron chi connectivity index (χ0n) is 8.19. The molecule has 0 rings (SSSR count). The van der Waals surface area contributed by atoms with Crippen LogP contribution in [-0.2, 0) is 9.59 Å². The molecule has 0 aromatic rings. The summed E-state index contributed by atoms with van der Waals surface area (Å²) in [6, 6.07) is -0.937. The van der Waals surface area contributed by atoms with Gasteiger partial charge in [-0.1, -0.05) is 13.8 Å². The standard InChI is InChI=1S/C8H15NO4S/c1-8(2,3-6(10)11)14-4-5(9)7(12)13/h5H,3-4,9H2,1-2H3,(H,10,11)(H,12,13)/t5-/m0/s1. The highest BCUT2D eigenvalue weighted by molar-refractivity contribution is 8.00. The third kappa shape index (κ3) is 5.82. The van der Waals surface area contributed by atoms with E-state index in [4.69, 9.17) is 15.9 Å². The van der Waals surface area contributed by atoms with Gasteiger partial charge in [-0.15, -0.1) is 0 Å². The molecule has 4 N–H and O–H groups in total. The fourth-order valence-electron chi connectivity index (χ4n) is 0.802. The van der Waals surface area contributed by atoms with Crippen LogP contribution in [0.15, 0.2) is 0 Å². The molecular formula is C8H15NO4S. The second-order valence-electron chi connectivity index (χ2n) is 3.59. The van der Waals surface area contributed by atoms with E-state index in [1.165, 1.54) is 11.8 Å². The van der Waals surface area contributed by atoms with E-state index in [1.54, 1.807) is 13.8 Å². The molecule has 5 nitrogen and oxygen atoms in total. The van der Waals surface area contributed by atoms with Crippen molar-refractivity contribution in [2.45, 2.75) is 31.1 Å². The molecule has 0 unspecified atom stereocenters.